The summed E-state index contributed by atoms with van der Waals surface area (Å²) < 4.78 is 44.9. The molecule has 5 rings (SSSR count). The van der Waals surface area contributed by atoms with Crippen molar-refractivity contribution in [2.45, 2.75) is 58.3 Å². The maximum absolute atomic E-state index is 13.5. The van der Waals surface area contributed by atoms with Gasteiger partial charge in [0.1, 0.15) is 11.4 Å². The van der Waals surface area contributed by atoms with Gasteiger partial charge in [0.05, 0.1) is 24.6 Å². The van der Waals surface area contributed by atoms with E-state index in [2.05, 4.69) is 24.1 Å². The fourth-order valence-corrected chi connectivity index (χ4v) is 5.82. The number of nitrogens with one attached hydrogen (secondary N) is 1. The molecule has 1 aliphatic carbocycles. The zero-order chi connectivity index (χ0) is 27.0. The van der Waals surface area contributed by atoms with Crippen LogP contribution in [0.2, 0.25) is 0 Å². The predicted octanol–water partition coefficient (Wildman–Crippen LogP) is 5.36. The van der Waals surface area contributed by atoms with E-state index in [0.29, 0.717) is 61.6 Å². The molecule has 0 unspecified atom stereocenters. The lowest BCUT2D eigenvalue weighted by Crippen LogP contribution is -2.39. The standard InChI is InChI=1S/C28H33F3N4O3/c1-17(2)18-6-8-20(9-7-18)35-16-19-14-23(24(15-21(19)27(35)37)34-10-12-38-13-11-34)33-26(36)22-4-3-5-25(32-22)28(29,30)31/h3-5,14-15,17-18,20H,6-13,16H2,1-2H3,(H,33,36). The van der Waals surface area contributed by atoms with Gasteiger partial charge in [0.25, 0.3) is 11.8 Å². The molecule has 3 heterocycles. The van der Waals surface area contributed by atoms with Crippen LogP contribution in [0.15, 0.2) is 30.3 Å². The van der Waals surface area contributed by atoms with Gasteiger partial charge in [0.15, 0.2) is 0 Å². The van der Waals surface area contributed by atoms with Crippen molar-refractivity contribution in [2.24, 2.45) is 11.8 Å². The Balaban J connectivity index is 1.42. The molecular formula is C28H33F3N4O3. The molecule has 0 atom stereocenters. The molecule has 0 spiro atoms. The monoisotopic (exact) mass is 530 g/mol. The molecule has 0 radical (unpaired) electrons. The molecule has 3 aliphatic rings. The number of halogens is 3. The fourth-order valence-electron chi connectivity index (χ4n) is 5.82. The van der Waals surface area contributed by atoms with Crippen molar-refractivity contribution >= 4 is 23.2 Å². The second-order valence-electron chi connectivity index (χ2n) is 10.7. The molecule has 2 fully saturated rings. The van der Waals surface area contributed by atoms with Crippen LogP contribution in [0, 0.1) is 11.8 Å². The van der Waals surface area contributed by atoms with Gasteiger partial charge >= 0.3 is 6.18 Å². The molecule has 1 saturated carbocycles. The molecular weight excluding hydrogens is 497 g/mol. The molecule has 38 heavy (non-hydrogen) atoms. The average molecular weight is 531 g/mol. The summed E-state index contributed by atoms with van der Waals surface area (Å²) in [6.07, 6.45) is -0.492. The highest BCUT2D eigenvalue weighted by molar-refractivity contribution is 6.07. The first-order chi connectivity index (χ1) is 18.1. The maximum Gasteiger partial charge on any atom is 0.433 e. The van der Waals surface area contributed by atoms with Crippen LogP contribution in [0.5, 0.6) is 0 Å². The molecule has 0 bridgehead atoms. The van der Waals surface area contributed by atoms with Crippen molar-refractivity contribution in [1.29, 1.82) is 0 Å². The molecule has 7 nitrogen and oxygen atoms in total. The van der Waals surface area contributed by atoms with Crippen molar-refractivity contribution in [3.63, 3.8) is 0 Å². The topological polar surface area (TPSA) is 74.8 Å². The zero-order valence-electron chi connectivity index (χ0n) is 21.7. The second-order valence-corrected chi connectivity index (χ2v) is 10.7. The van der Waals surface area contributed by atoms with Crippen molar-refractivity contribution in [3.05, 3.63) is 52.8 Å². The number of benzene rings is 1. The number of rotatable bonds is 5. The molecule has 1 saturated heterocycles. The highest BCUT2D eigenvalue weighted by Crippen LogP contribution is 2.39. The van der Waals surface area contributed by atoms with Crippen molar-refractivity contribution < 1.29 is 27.5 Å². The van der Waals surface area contributed by atoms with Gasteiger partial charge in [0, 0.05) is 31.2 Å². The van der Waals surface area contributed by atoms with Gasteiger partial charge in [-0.25, -0.2) is 4.98 Å². The zero-order valence-corrected chi connectivity index (χ0v) is 21.7. The number of hydrogen-bond donors (Lipinski definition) is 1. The Morgan fingerprint density at radius 3 is 2.47 bits per heavy atom. The largest absolute Gasteiger partial charge is 0.433 e. The molecule has 2 aliphatic heterocycles. The number of ether oxygens (including phenoxy) is 1. The summed E-state index contributed by atoms with van der Waals surface area (Å²) in [6.45, 7) is 7.09. The van der Waals surface area contributed by atoms with Crippen LogP contribution in [-0.2, 0) is 17.5 Å². The summed E-state index contributed by atoms with van der Waals surface area (Å²) in [5.74, 6) is 0.584. The lowest BCUT2D eigenvalue weighted by Gasteiger charge is -2.36. The first-order valence-corrected chi connectivity index (χ1v) is 13.3. The van der Waals surface area contributed by atoms with Gasteiger partial charge in [-0.05, 0) is 67.3 Å². The number of alkyl halides is 3. The highest BCUT2D eigenvalue weighted by Gasteiger charge is 2.37. The first-order valence-electron chi connectivity index (χ1n) is 13.3. The van der Waals surface area contributed by atoms with Crippen LogP contribution in [0.3, 0.4) is 0 Å². The van der Waals surface area contributed by atoms with Gasteiger partial charge in [0.2, 0.25) is 0 Å². The van der Waals surface area contributed by atoms with Crippen LogP contribution in [0.1, 0.15) is 71.6 Å². The Morgan fingerprint density at radius 2 is 1.82 bits per heavy atom. The maximum atomic E-state index is 13.5. The summed E-state index contributed by atoms with van der Waals surface area (Å²) >= 11 is 0. The summed E-state index contributed by atoms with van der Waals surface area (Å²) in [5.41, 5.74) is 1.09. The van der Waals surface area contributed by atoms with Crippen molar-refractivity contribution in [2.75, 3.05) is 36.5 Å². The number of aromatic nitrogens is 1. The van der Waals surface area contributed by atoms with E-state index in [1.807, 2.05) is 15.9 Å². The smallest absolute Gasteiger partial charge is 0.378 e. The second kappa shape index (κ2) is 10.6. The van der Waals surface area contributed by atoms with E-state index < -0.39 is 17.8 Å². The number of morpholine rings is 1. The normalized spacial score (nSPS) is 22.1. The molecule has 1 aromatic heterocycles. The Kier molecular flexibility index (Phi) is 7.35. The average Bonchev–Trinajstić information content (AvgIpc) is 3.23. The predicted molar refractivity (Wildman–Crippen MR) is 137 cm³/mol. The van der Waals surface area contributed by atoms with E-state index >= 15 is 0 Å². The summed E-state index contributed by atoms with van der Waals surface area (Å²) in [5, 5.41) is 2.78. The lowest BCUT2D eigenvalue weighted by molar-refractivity contribution is -0.141. The minimum Gasteiger partial charge on any atom is -0.378 e. The van der Waals surface area contributed by atoms with Crippen LogP contribution < -0.4 is 10.2 Å². The number of amides is 2. The summed E-state index contributed by atoms with van der Waals surface area (Å²) in [4.78, 5) is 34.0. The molecule has 1 N–H and O–H groups in total. The third-order valence-corrected chi connectivity index (χ3v) is 8.05. The number of nitrogens with zero attached hydrogens (tertiary/aromatic N) is 3. The third kappa shape index (κ3) is 5.36. The molecule has 1 aromatic carbocycles. The number of pyridine rings is 1. The van der Waals surface area contributed by atoms with Gasteiger partial charge < -0.3 is 19.9 Å². The van der Waals surface area contributed by atoms with Crippen LogP contribution in [-0.4, -0.2) is 54.0 Å². The SMILES string of the molecule is CC(C)C1CCC(N2Cc3cc(NC(=O)c4cccc(C(F)(F)F)n4)c(N4CCOCC4)cc3C2=O)CC1. The number of anilines is 2. The van der Waals surface area contributed by atoms with E-state index in [-0.39, 0.29) is 17.6 Å². The third-order valence-electron chi connectivity index (χ3n) is 8.05. The van der Waals surface area contributed by atoms with Gasteiger partial charge in [-0.2, -0.15) is 13.2 Å². The van der Waals surface area contributed by atoms with E-state index in [4.69, 9.17) is 4.74 Å². The minimum atomic E-state index is -4.65. The Bertz CT molecular complexity index is 1200. The summed E-state index contributed by atoms with van der Waals surface area (Å²) in [6, 6.07) is 7.05. The van der Waals surface area contributed by atoms with Crippen LogP contribution >= 0.6 is 0 Å². The van der Waals surface area contributed by atoms with Crippen molar-refractivity contribution in [3.8, 4) is 0 Å². The molecule has 2 amide bonds. The quantitative estimate of drug-likeness (QED) is 0.564. The Labute approximate surface area is 220 Å². The summed E-state index contributed by atoms with van der Waals surface area (Å²) in [7, 11) is 0. The van der Waals surface area contributed by atoms with Crippen LogP contribution in [0.25, 0.3) is 0 Å². The highest BCUT2D eigenvalue weighted by atomic mass is 19.4. The Hall–Kier alpha value is -3.14. The first kappa shape index (κ1) is 26.5. The minimum absolute atomic E-state index is 0.0000667. The molecule has 10 heteroatoms. The van der Waals surface area contributed by atoms with E-state index in [1.54, 1.807) is 6.07 Å². The number of carbonyl (C=O) groups excluding carboxylic acids is 2. The van der Waals surface area contributed by atoms with Crippen molar-refractivity contribution in [1.82, 2.24) is 9.88 Å². The number of carbonyl (C=O) groups is 2. The Morgan fingerprint density at radius 1 is 1.11 bits per heavy atom. The fraction of sp³-hybridized carbons (Fsp3) is 0.536. The van der Waals surface area contributed by atoms with Gasteiger partial charge in [-0.15, -0.1) is 0 Å². The molecule has 2 aromatic rings. The van der Waals surface area contributed by atoms with Gasteiger partial charge in [-0.1, -0.05) is 19.9 Å². The number of fused-ring (bicyclic) bond motifs is 1. The van der Waals surface area contributed by atoms with E-state index in [9.17, 15) is 22.8 Å². The lowest BCUT2D eigenvalue weighted by atomic mass is 9.79. The van der Waals surface area contributed by atoms with E-state index in [0.717, 1.165) is 37.3 Å². The van der Waals surface area contributed by atoms with Crippen LogP contribution in [0.4, 0.5) is 24.5 Å². The van der Waals surface area contributed by atoms with E-state index in [1.165, 1.54) is 12.1 Å². The van der Waals surface area contributed by atoms with Gasteiger partial charge in [-0.3, -0.25) is 9.59 Å². The number of hydrogen-bond acceptors (Lipinski definition) is 5. The molecule has 204 valence electrons.